The molecule has 2 N–H and O–H groups in total. The number of hydrogen-bond donors (Lipinski definition) is 2. The van der Waals surface area contributed by atoms with E-state index in [0.29, 0.717) is 0 Å². The van der Waals surface area contributed by atoms with Crippen LogP contribution in [-0.2, 0) is 0 Å². The molecular formula is C20H14N4Se. The van der Waals surface area contributed by atoms with E-state index in [0.717, 1.165) is 43.1 Å². The Kier molecular flexibility index (Phi) is 3.31. The topological polar surface area (TPSA) is 45.0 Å². The molecule has 4 aliphatic heterocycles. The first-order chi connectivity index (χ1) is 12.2. The second-order valence-electron chi connectivity index (χ2n) is 6.11. The van der Waals surface area contributed by atoms with Crippen LogP contribution in [0.1, 0.15) is 0 Å². The normalized spacial score (nSPS) is 23.2. The van der Waals surface area contributed by atoms with E-state index in [4.69, 9.17) is 0 Å². The number of quaternary nitrogens is 1. The molecule has 5 rings (SSSR count). The maximum atomic E-state index is 4.67. The fourth-order valence-corrected chi connectivity index (χ4v) is 3.60. The molecule has 25 heavy (non-hydrogen) atoms. The van der Waals surface area contributed by atoms with Crippen molar-refractivity contribution in [3.8, 4) is 0 Å². The molecule has 1 aromatic rings. The van der Waals surface area contributed by atoms with Crippen molar-refractivity contribution in [1.82, 2.24) is 4.98 Å². The minimum atomic E-state index is 0.918. The van der Waals surface area contributed by atoms with Crippen LogP contribution >= 0.6 is 0 Å². The predicted molar refractivity (Wildman–Crippen MR) is 101 cm³/mol. The van der Waals surface area contributed by atoms with Crippen molar-refractivity contribution < 1.29 is 3.92 Å². The van der Waals surface area contributed by atoms with Gasteiger partial charge in [-0.25, -0.2) is 0 Å². The zero-order valence-corrected chi connectivity index (χ0v) is 14.9. The summed E-state index contributed by atoms with van der Waals surface area (Å²) >= 11 is 3.19. The first-order valence-electron chi connectivity index (χ1n) is 8.05. The molecule has 0 saturated heterocycles. The van der Waals surface area contributed by atoms with Gasteiger partial charge in [-0.3, -0.25) is 0 Å². The van der Waals surface area contributed by atoms with Gasteiger partial charge in [-0.15, -0.1) is 0 Å². The van der Waals surface area contributed by atoms with Gasteiger partial charge >= 0.3 is 153 Å². The van der Waals surface area contributed by atoms with Gasteiger partial charge in [0.25, 0.3) is 0 Å². The van der Waals surface area contributed by atoms with Crippen molar-refractivity contribution in [2.75, 3.05) is 0 Å². The summed E-state index contributed by atoms with van der Waals surface area (Å²) in [6.45, 7) is 0. The standard InChI is InChI=1S/C20H14N4Se/c25-24-19-7-8-20(24)12-18-6-4-16(23-18)10-14-2-1-13(21-14)9-15-3-5-17(11-19)22-15/h1-12,22,24H. The SMILES string of the molecule is [Se-][NH+]1C2=CC=C1C=c1ccc([nH]1)=CC1=NC(=CC3=NC(=C2)C=C3)C=C1. The molecule has 120 valence electrons. The summed E-state index contributed by atoms with van der Waals surface area (Å²) in [4.78, 5) is 12.7. The van der Waals surface area contributed by atoms with Crippen LogP contribution < -0.4 is 14.6 Å². The molecule has 5 heteroatoms. The number of rotatable bonds is 0. The van der Waals surface area contributed by atoms with E-state index >= 15 is 0 Å². The van der Waals surface area contributed by atoms with Crippen LogP contribution in [0.15, 0.2) is 93.5 Å². The predicted octanol–water partition coefficient (Wildman–Crippen LogP) is 0.129. The monoisotopic (exact) mass is 390 g/mol. The van der Waals surface area contributed by atoms with Crippen LogP contribution in [0.3, 0.4) is 0 Å². The molecule has 0 spiro atoms. The summed E-state index contributed by atoms with van der Waals surface area (Å²) in [6, 6.07) is 4.15. The molecule has 1 unspecified atom stereocenters. The summed E-state index contributed by atoms with van der Waals surface area (Å²) < 4.78 is 1.14. The van der Waals surface area contributed by atoms with Gasteiger partial charge in [0, 0.05) is 0 Å². The van der Waals surface area contributed by atoms with Crippen molar-refractivity contribution in [3.63, 3.8) is 0 Å². The Morgan fingerprint density at radius 1 is 0.720 bits per heavy atom. The van der Waals surface area contributed by atoms with Crippen molar-refractivity contribution in [3.05, 3.63) is 94.2 Å². The molecule has 0 radical (unpaired) electrons. The van der Waals surface area contributed by atoms with Crippen LogP contribution in [0.5, 0.6) is 0 Å². The zero-order valence-electron chi connectivity index (χ0n) is 13.2. The van der Waals surface area contributed by atoms with E-state index < -0.39 is 0 Å². The summed E-state index contributed by atoms with van der Waals surface area (Å²) in [5.74, 6) is 0. The summed E-state index contributed by atoms with van der Waals surface area (Å²) in [7, 11) is 0. The average molecular weight is 389 g/mol. The van der Waals surface area contributed by atoms with Crippen LogP contribution in [-0.4, -0.2) is 32.6 Å². The van der Waals surface area contributed by atoms with Gasteiger partial charge in [0.1, 0.15) is 0 Å². The third-order valence-electron chi connectivity index (χ3n) is 4.28. The van der Waals surface area contributed by atoms with E-state index in [1.807, 2.05) is 36.5 Å². The zero-order chi connectivity index (χ0) is 16.8. The first kappa shape index (κ1) is 14.6. The van der Waals surface area contributed by atoms with E-state index in [9.17, 15) is 0 Å². The fourth-order valence-electron chi connectivity index (χ4n) is 3.07. The van der Waals surface area contributed by atoms with Crippen molar-refractivity contribution in [1.29, 1.82) is 0 Å². The van der Waals surface area contributed by atoms with E-state index in [1.54, 1.807) is 0 Å². The Labute approximate surface area is 153 Å². The van der Waals surface area contributed by atoms with E-state index in [1.165, 1.54) is 5.70 Å². The van der Waals surface area contributed by atoms with Gasteiger partial charge in [0.15, 0.2) is 0 Å². The van der Waals surface area contributed by atoms with Gasteiger partial charge in [-0.1, -0.05) is 0 Å². The molecule has 1 aromatic heterocycles. The maximum absolute atomic E-state index is 4.67. The molecule has 1 atom stereocenters. The Balaban J connectivity index is 1.68. The van der Waals surface area contributed by atoms with Crippen LogP contribution in [0.25, 0.3) is 12.2 Å². The molecule has 0 fully saturated rings. The summed E-state index contributed by atoms with van der Waals surface area (Å²) in [5, 5.41) is 2.11. The Bertz CT molecular complexity index is 1150. The Morgan fingerprint density at radius 3 is 2.08 bits per heavy atom. The molecule has 0 amide bonds. The fraction of sp³-hybridized carbons (Fsp3) is 0. The molecule has 0 aromatic carbocycles. The van der Waals surface area contributed by atoms with E-state index in [-0.39, 0.29) is 0 Å². The second-order valence-corrected chi connectivity index (χ2v) is 6.97. The van der Waals surface area contributed by atoms with Crippen molar-refractivity contribution in [2.45, 2.75) is 0 Å². The molecule has 5 heterocycles. The average Bonchev–Trinajstić information content (AvgIpc) is 3.36. The molecular weight excluding hydrogens is 375 g/mol. The number of nitrogens with zero attached hydrogens (tertiary/aromatic N) is 2. The van der Waals surface area contributed by atoms with Gasteiger partial charge in [-0.05, 0) is 0 Å². The van der Waals surface area contributed by atoms with E-state index in [2.05, 4.69) is 67.6 Å². The van der Waals surface area contributed by atoms with Crippen LogP contribution in [0.2, 0.25) is 0 Å². The number of nitrogens with one attached hydrogen (secondary N) is 2. The quantitative estimate of drug-likeness (QED) is 0.593. The summed E-state index contributed by atoms with van der Waals surface area (Å²) in [6.07, 6.45) is 20.6. The number of aromatic amines is 1. The molecule has 4 nitrogen and oxygen atoms in total. The number of hydrogen-bond acceptors (Lipinski definition) is 2. The van der Waals surface area contributed by atoms with Gasteiger partial charge in [0.2, 0.25) is 0 Å². The number of aliphatic imine (C=N–C) groups is 2. The van der Waals surface area contributed by atoms with Gasteiger partial charge in [-0.2, -0.15) is 0 Å². The van der Waals surface area contributed by atoms with Crippen LogP contribution in [0.4, 0.5) is 0 Å². The number of H-pyrrole nitrogens is 1. The third kappa shape index (κ3) is 2.79. The number of fused-ring (bicyclic) bond motifs is 6. The van der Waals surface area contributed by atoms with Gasteiger partial charge < -0.3 is 0 Å². The minimum absolute atomic E-state index is 0.918. The Hall–Kier alpha value is -2.72. The number of aromatic nitrogens is 1. The van der Waals surface area contributed by atoms with Crippen molar-refractivity contribution in [2.24, 2.45) is 9.98 Å². The van der Waals surface area contributed by atoms with Crippen LogP contribution in [0, 0.1) is 0 Å². The molecule has 0 aliphatic carbocycles. The van der Waals surface area contributed by atoms with Gasteiger partial charge in [0.05, 0.1) is 0 Å². The summed E-state index contributed by atoms with van der Waals surface area (Å²) in [5.41, 5.74) is 6.04. The Morgan fingerprint density at radius 2 is 1.32 bits per heavy atom. The molecule has 0 saturated carbocycles. The molecule has 8 bridgehead atoms. The van der Waals surface area contributed by atoms with Crippen molar-refractivity contribution >= 4 is 39.8 Å². The number of allylic oxidation sites excluding steroid dienone is 9. The first-order valence-corrected chi connectivity index (χ1v) is 8.91. The second kappa shape index (κ2) is 5.67. The third-order valence-corrected chi connectivity index (χ3v) is 5.27. The molecule has 4 aliphatic rings.